The number of nitrogens with two attached hydrogens (primary N) is 2. The molecule has 0 amide bonds. The van der Waals surface area contributed by atoms with Gasteiger partial charge in [-0.05, 0) is 118 Å². The molecule has 84 heavy (non-hydrogen) atoms. The third kappa shape index (κ3) is 12.2. The van der Waals surface area contributed by atoms with E-state index < -0.39 is 0 Å². The molecule has 6 aromatic heterocycles. The molecule has 23 heteroatoms. The number of aromatic nitrogens is 9. The molecule has 9 heterocycles. The molecule has 0 unspecified atom stereocenters. The molecule has 3 saturated heterocycles. The Morgan fingerprint density at radius 1 is 0.440 bits per heavy atom. The third-order valence-corrected chi connectivity index (χ3v) is 17.4. The van der Waals surface area contributed by atoms with Crippen molar-refractivity contribution in [3.8, 4) is 31.7 Å². The zero-order valence-electron chi connectivity index (χ0n) is 45.0. The fourth-order valence-electron chi connectivity index (χ4n) is 10.8. The van der Waals surface area contributed by atoms with Crippen LogP contribution in [-0.2, 0) is 33.5 Å². The van der Waals surface area contributed by atoms with Crippen molar-refractivity contribution in [3.63, 3.8) is 0 Å². The van der Waals surface area contributed by atoms with Crippen LogP contribution in [0.25, 0.3) is 58.9 Å². The molecule has 3 aliphatic heterocycles. The summed E-state index contributed by atoms with van der Waals surface area (Å²) < 4.78 is 16.4. The molecular weight excluding hydrogens is 1110 g/mol. The molecule has 3 aliphatic carbocycles. The van der Waals surface area contributed by atoms with E-state index in [0.717, 1.165) is 176 Å². The predicted octanol–water partition coefficient (Wildman–Crippen LogP) is 11.0. The number of nitrogens with zero attached hydrogens (tertiary/aromatic N) is 15. The quantitative estimate of drug-likeness (QED) is 0.0733. The van der Waals surface area contributed by atoms with Gasteiger partial charge < -0.3 is 40.4 Å². The van der Waals surface area contributed by atoms with E-state index in [0.29, 0.717) is 15.4 Å². The molecule has 15 rings (SSSR count). The minimum absolute atomic E-state index is 0. The van der Waals surface area contributed by atoms with Crippen LogP contribution in [0.3, 0.4) is 0 Å². The predicted molar refractivity (Wildman–Crippen MR) is 335 cm³/mol. The van der Waals surface area contributed by atoms with Gasteiger partial charge in [0.2, 0.25) is 15.4 Å². The number of allylic oxidation sites excluding steroid dienone is 3. The third-order valence-electron chi connectivity index (χ3n) is 15.0. The molecular formula is C61H59N17O3S3. The van der Waals surface area contributed by atoms with Crippen molar-refractivity contribution >= 4 is 83.6 Å². The Hall–Kier alpha value is -8.80. The maximum Gasteiger partial charge on any atom is 0.204 e. The van der Waals surface area contributed by atoms with Crippen LogP contribution in [0.5, 0.6) is 0 Å². The van der Waals surface area contributed by atoms with Gasteiger partial charge in [0.25, 0.3) is 0 Å². The second-order valence-electron chi connectivity index (χ2n) is 20.0. The van der Waals surface area contributed by atoms with Crippen LogP contribution >= 0.6 is 34.0 Å². The van der Waals surface area contributed by atoms with Gasteiger partial charge in [-0.2, -0.15) is 0 Å². The summed E-state index contributed by atoms with van der Waals surface area (Å²) >= 11 is 4.09. The van der Waals surface area contributed by atoms with Gasteiger partial charge in [-0.25, -0.2) is 15.0 Å². The summed E-state index contributed by atoms with van der Waals surface area (Å²) in [6.07, 6.45) is 9.47. The van der Waals surface area contributed by atoms with Crippen molar-refractivity contribution in [3.05, 3.63) is 188 Å². The highest BCUT2D eigenvalue weighted by Gasteiger charge is 2.24. The number of hydrogen-bond donors (Lipinski definition) is 2. The summed E-state index contributed by atoms with van der Waals surface area (Å²) in [4.78, 5) is 24.4. The molecule has 424 valence electrons. The summed E-state index contributed by atoms with van der Waals surface area (Å²) in [5.74, 6) is 3.01. The average Bonchev–Trinajstić information content (AvgIpc) is 4.33. The van der Waals surface area contributed by atoms with Crippen LogP contribution in [0.4, 0.5) is 32.8 Å². The van der Waals surface area contributed by atoms with Gasteiger partial charge in [0.1, 0.15) is 32.5 Å². The number of hydrogen-bond acceptors (Lipinski definition) is 21. The highest BCUT2D eigenvalue weighted by Crippen LogP contribution is 2.40. The van der Waals surface area contributed by atoms with Crippen LogP contribution in [0.1, 0.15) is 57.9 Å². The van der Waals surface area contributed by atoms with E-state index in [2.05, 4.69) is 177 Å². The van der Waals surface area contributed by atoms with Crippen molar-refractivity contribution < 1.29 is 14.2 Å². The smallest absolute Gasteiger partial charge is 0.204 e. The first kappa shape index (κ1) is 55.7. The lowest BCUT2D eigenvalue weighted by Gasteiger charge is -2.28. The van der Waals surface area contributed by atoms with Crippen LogP contribution in [0, 0.1) is 0 Å². The van der Waals surface area contributed by atoms with Crippen molar-refractivity contribution in [1.29, 1.82) is 0 Å². The normalized spacial score (nSPS) is 15.9. The second-order valence-corrected chi connectivity index (χ2v) is 23.0. The first-order valence-electron chi connectivity index (χ1n) is 27.4. The van der Waals surface area contributed by atoms with Gasteiger partial charge in [0, 0.05) is 77.6 Å². The average molecular weight is 1170 g/mol. The first-order valence-corrected chi connectivity index (χ1v) is 29.8. The number of azide groups is 1. The maximum atomic E-state index is 8.58. The SMILES string of the molecule is C.Nc1nnc(-c2ccc3c(c2)C(c2cccc(N4CCOCC4)n2)=CC3)s1.Nc1nnc(-c2ccc3c(c2)C(c2cccc(N4CCOCC4)n2)=CC3)s1.[N-]=[N+]=Nc1nnc(-c2ccc3c(c2)C(c2cccc(N4CCOCC4)n2)=CC3)s1. The Balaban J connectivity index is 0.000000123. The lowest BCUT2D eigenvalue weighted by molar-refractivity contribution is 0.122. The lowest BCUT2D eigenvalue weighted by Crippen LogP contribution is -2.36. The van der Waals surface area contributed by atoms with E-state index in [9.17, 15) is 0 Å². The number of ether oxygens (including phenoxy) is 3. The van der Waals surface area contributed by atoms with Crippen molar-refractivity contribution in [2.75, 3.05) is 105 Å². The second kappa shape index (κ2) is 25.4. The molecule has 20 nitrogen and oxygen atoms in total. The van der Waals surface area contributed by atoms with Gasteiger partial charge >= 0.3 is 0 Å². The van der Waals surface area contributed by atoms with E-state index in [-0.39, 0.29) is 7.43 Å². The summed E-state index contributed by atoms with van der Waals surface area (Å²) in [6.45, 7) is 9.75. The minimum Gasteiger partial charge on any atom is -0.378 e. The van der Waals surface area contributed by atoms with Gasteiger partial charge in [-0.3, -0.25) is 0 Å². The Bertz CT molecular complexity index is 3830. The molecule has 0 atom stereocenters. The molecule has 0 radical (unpaired) electrons. The Labute approximate surface area is 497 Å². The summed E-state index contributed by atoms with van der Waals surface area (Å²) in [7, 11) is 0. The standard InChI is InChI=1S/C20H17N7OS.2C20H19N5OS.CH4/c21-26-25-20-24-23-19(29-20)14-5-4-13-6-7-15(16(13)12-14)17-2-1-3-18(22-17)27-8-10-28-11-9-27;2*21-20-24-23-19(27-20)14-5-4-13-6-7-15(16(13)12-14)17-2-1-3-18(22-17)25-8-10-26-11-9-25;/h1-5,7,12H,6,8-11H2;2*1-5,7,12H,6,8-11H2,(H2,21,24);1H4. The van der Waals surface area contributed by atoms with Gasteiger partial charge in [0.05, 0.1) is 56.7 Å². The van der Waals surface area contributed by atoms with E-state index >= 15 is 0 Å². The summed E-state index contributed by atoms with van der Waals surface area (Å²) in [5.41, 5.74) is 37.1. The maximum absolute atomic E-state index is 8.58. The zero-order chi connectivity index (χ0) is 56.1. The Kier molecular flexibility index (Phi) is 16.8. The van der Waals surface area contributed by atoms with Gasteiger partial charge in [0.15, 0.2) is 0 Å². The molecule has 0 spiro atoms. The van der Waals surface area contributed by atoms with Crippen molar-refractivity contribution in [2.45, 2.75) is 26.7 Å². The van der Waals surface area contributed by atoms with Gasteiger partial charge in [-0.1, -0.05) is 114 Å². The zero-order valence-corrected chi connectivity index (χ0v) is 47.5. The van der Waals surface area contributed by atoms with Crippen LogP contribution < -0.4 is 26.2 Å². The molecule has 3 aromatic carbocycles. The molecule has 0 bridgehead atoms. The highest BCUT2D eigenvalue weighted by molar-refractivity contribution is 7.18. The van der Waals surface area contributed by atoms with Gasteiger partial charge in [-0.15, -0.1) is 30.6 Å². The number of nitrogen functional groups attached to an aromatic ring is 2. The first-order chi connectivity index (χ1) is 40.9. The molecule has 4 N–H and O–H groups in total. The Morgan fingerprint density at radius 2 is 0.786 bits per heavy atom. The van der Waals surface area contributed by atoms with Crippen LogP contribution in [-0.4, -0.2) is 124 Å². The topological polar surface area (TPSA) is 254 Å². The number of pyridine rings is 3. The fraction of sp³-hybridized carbons (Fsp3) is 0.262. The number of benzene rings is 3. The number of fused-ring (bicyclic) bond motifs is 3. The van der Waals surface area contributed by atoms with Crippen LogP contribution in [0.2, 0.25) is 0 Å². The highest BCUT2D eigenvalue weighted by atomic mass is 32.1. The summed E-state index contributed by atoms with van der Waals surface area (Å²) in [6, 6.07) is 37.8. The van der Waals surface area contributed by atoms with Crippen molar-refractivity contribution in [2.24, 2.45) is 5.11 Å². The largest absolute Gasteiger partial charge is 0.378 e. The number of anilines is 5. The summed E-state index contributed by atoms with van der Waals surface area (Å²) in [5, 5.41) is 31.5. The van der Waals surface area contributed by atoms with E-state index in [1.165, 1.54) is 73.0 Å². The Morgan fingerprint density at radius 3 is 1.12 bits per heavy atom. The minimum atomic E-state index is 0. The molecule has 0 saturated carbocycles. The fourth-order valence-corrected chi connectivity index (χ4v) is 12.7. The molecule has 3 fully saturated rings. The van der Waals surface area contributed by atoms with E-state index in [1.54, 1.807) is 0 Å². The lowest BCUT2D eigenvalue weighted by atomic mass is 10.0. The van der Waals surface area contributed by atoms with Crippen molar-refractivity contribution in [1.82, 2.24) is 45.5 Å². The van der Waals surface area contributed by atoms with Crippen LogP contribution in [0.15, 0.2) is 133 Å². The van der Waals surface area contributed by atoms with E-state index in [4.69, 9.17) is 46.2 Å². The molecule has 9 aromatic rings. The number of morpholine rings is 3. The monoisotopic (exact) mass is 1170 g/mol. The molecule has 6 aliphatic rings. The number of rotatable bonds is 10. The van der Waals surface area contributed by atoms with E-state index in [1.807, 2.05) is 6.07 Å².